The number of hydrogen-bond acceptors (Lipinski definition) is 3. The zero-order valence-electron chi connectivity index (χ0n) is 13.3. The number of halogens is 1. The molecule has 0 saturated heterocycles. The van der Waals surface area contributed by atoms with Crippen LogP contribution in [0.3, 0.4) is 0 Å². The number of nitrogens with one attached hydrogen (secondary N) is 2. The van der Waals surface area contributed by atoms with E-state index in [2.05, 4.69) is 10.0 Å². The van der Waals surface area contributed by atoms with E-state index in [1.54, 1.807) is 6.07 Å². The van der Waals surface area contributed by atoms with Crippen molar-refractivity contribution in [1.82, 2.24) is 0 Å². The van der Waals surface area contributed by atoms with E-state index < -0.39 is 15.9 Å². The molecule has 3 aromatic carbocycles. The Morgan fingerprint density at radius 2 is 1.72 bits per heavy atom. The molecule has 0 spiro atoms. The van der Waals surface area contributed by atoms with Gasteiger partial charge in [-0.25, -0.2) is 8.42 Å². The Bertz CT molecular complexity index is 1060. The van der Waals surface area contributed by atoms with Crippen LogP contribution in [0, 0.1) is 0 Å². The summed E-state index contributed by atoms with van der Waals surface area (Å²) in [5.74, 6) is -0.418. The number of hydrogen-bond donors (Lipinski definition) is 2. The topological polar surface area (TPSA) is 75.3 Å². The van der Waals surface area contributed by atoms with Crippen LogP contribution in [0.5, 0.6) is 0 Å². The molecule has 3 aromatic rings. The molecule has 0 heterocycles. The van der Waals surface area contributed by atoms with Crippen molar-refractivity contribution in [3.05, 3.63) is 71.2 Å². The maximum Gasteiger partial charge on any atom is 0.257 e. The van der Waals surface area contributed by atoms with Gasteiger partial charge in [0.15, 0.2) is 0 Å². The van der Waals surface area contributed by atoms with Crippen molar-refractivity contribution in [3.63, 3.8) is 0 Å². The van der Waals surface area contributed by atoms with Gasteiger partial charge in [0.1, 0.15) is 0 Å². The highest BCUT2D eigenvalue weighted by atomic mass is 35.5. The molecule has 0 aliphatic rings. The molecule has 1 amide bonds. The van der Waals surface area contributed by atoms with Crippen LogP contribution in [0.4, 0.5) is 11.4 Å². The van der Waals surface area contributed by atoms with Gasteiger partial charge in [-0.3, -0.25) is 9.52 Å². The minimum Gasteiger partial charge on any atom is -0.321 e. The Morgan fingerprint density at radius 1 is 1.00 bits per heavy atom. The van der Waals surface area contributed by atoms with E-state index in [1.807, 2.05) is 36.4 Å². The second-order valence-electron chi connectivity index (χ2n) is 5.55. The lowest BCUT2D eigenvalue weighted by Crippen LogP contribution is -2.14. The number of rotatable bonds is 4. The zero-order chi connectivity index (χ0) is 18.0. The fourth-order valence-corrected chi connectivity index (χ4v) is 3.26. The van der Waals surface area contributed by atoms with Gasteiger partial charge in [0.25, 0.3) is 5.91 Å². The van der Waals surface area contributed by atoms with E-state index in [4.69, 9.17) is 11.6 Å². The van der Waals surface area contributed by atoms with E-state index in [1.165, 1.54) is 18.2 Å². The summed E-state index contributed by atoms with van der Waals surface area (Å²) in [5, 5.41) is 4.97. The highest BCUT2D eigenvalue weighted by Crippen LogP contribution is 2.26. The summed E-state index contributed by atoms with van der Waals surface area (Å²) < 4.78 is 25.0. The molecule has 0 aliphatic heterocycles. The maximum atomic E-state index is 12.6. The fraction of sp³-hybridized carbons (Fsp3) is 0.0556. The molecule has 5 nitrogen and oxygen atoms in total. The van der Waals surface area contributed by atoms with Gasteiger partial charge in [-0.15, -0.1) is 0 Å². The highest BCUT2D eigenvalue weighted by molar-refractivity contribution is 7.92. The summed E-state index contributed by atoms with van der Waals surface area (Å²) in [6.45, 7) is 0. The molecule has 0 unspecified atom stereocenters. The number of sulfonamides is 1. The van der Waals surface area contributed by atoms with E-state index in [0.717, 1.165) is 17.0 Å². The van der Waals surface area contributed by atoms with Gasteiger partial charge in [0, 0.05) is 16.8 Å². The van der Waals surface area contributed by atoms with Crippen molar-refractivity contribution < 1.29 is 13.2 Å². The van der Waals surface area contributed by atoms with Gasteiger partial charge in [-0.1, -0.05) is 48.0 Å². The molecule has 0 aromatic heterocycles. The Balaban J connectivity index is 1.94. The number of carbonyl (C=O) groups excluding carboxylic acids is 1. The third-order valence-electron chi connectivity index (χ3n) is 3.55. The van der Waals surface area contributed by atoms with Crippen LogP contribution in [-0.2, 0) is 10.0 Å². The second kappa shape index (κ2) is 6.74. The van der Waals surface area contributed by atoms with Crippen LogP contribution in [0.1, 0.15) is 10.4 Å². The largest absolute Gasteiger partial charge is 0.321 e. The number of carbonyl (C=O) groups is 1. The average Bonchev–Trinajstić information content (AvgIpc) is 2.55. The first-order valence-electron chi connectivity index (χ1n) is 7.40. The Labute approximate surface area is 150 Å². The van der Waals surface area contributed by atoms with E-state index in [0.29, 0.717) is 5.69 Å². The molecule has 0 atom stereocenters. The van der Waals surface area contributed by atoms with Crippen molar-refractivity contribution in [2.75, 3.05) is 16.3 Å². The van der Waals surface area contributed by atoms with Crippen molar-refractivity contribution in [1.29, 1.82) is 0 Å². The molecule has 0 fully saturated rings. The van der Waals surface area contributed by atoms with Crippen LogP contribution >= 0.6 is 11.6 Å². The first kappa shape index (κ1) is 17.3. The van der Waals surface area contributed by atoms with Crippen LogP contribution < -0.4 is 10.0 Å². The van der Waals surface area contributed by atoms with E-state index >= 15 is 0 Å². The monoisotopic (exact) mass is 374 g/mol. The minimum absolute atomic E-state index is 0.184. The SMILES string of the molecule is CS(=O)(=O)Nc1ccc(Cl)c(C(=O)Nc2cccc3ccccc23)c1. The average molecular weight is 375 g/mol. The third kappa shape index (κ3) is 4.10. The van der Waals surface area contributed by atoms with Crippen molar-refractivity contribution in [3.8, 4) is 0 Å². The standard InChI is InChI=1S/C18H15ClN2O3S/c1-25(23,24)21-13-9-10-16(19)15(11-13)18(22)20-17-8-4-6-12-5-2-3-7-14(12)17/h2-11,21H,1H3,(H,20,22). The molecule has 3 rings (SSSR count). The molecule has 25 heavy (non-hydrogen) atoms. The van der Waals surface area contributed by atoms with Gasteiger partial charge in [0.2, 0.25) is 10.0 Å². The molecule has 0 saturated carbocycles. The summed E-state index contributed by atoms with van der Waals surface area (Å²) in [6.07, 6.45) is 1.04. The van der Waals surface area contributed by atoms with Crippen LogP contribution in [0.15, 0.2) is 60.7 Å². The maximum absolute atomic E-state index is 12.6. The van der Waals surface area contributed by atoms with Crippen molar-refractivity contribution in [2.24, 2.45) is 0 Å². The number of amides is 1. The van der Waals surface area contributed by atoms with Gasteiger partial charge < -0.3 is 5.32 Å². The fourth-order valence-electron chi connectivity index (χ4n) is 2.50. The zero-order valence-corrected chi connectivity index (χ0v) is 14.9. The lowest BCUT2D eigenvalue weighted by Gasteiger charge is -2.11. The molecule has 0 radical (unpaired) electrons. The first-order valence-corrected chi connectivity index (χ1v) is 9.67. The smallest absolute Gasteiger partial charge is 0.257 e. The molecule has 0 aliphatic carbocycles. The van der Waals surface area contributed by atoms with Crippen molar-refractivity contribution >= 4 is 49.7 Å². The second-order valence-corrected chi connectivity index (χ2v) is 7.71. The third-order valence-corrected chi connectivity index (χ3v) is 4.49. The molecular weight excluding hydrogens is 360 g/mol. The predicted octanol–water partition coefficient (Wildman–Crippen LogP) is 4.12. The van der Waals surface area contributed by atoms with Crippen LogP contribution in [0.2, 0.25) is 5.02 Å². The highest BCUT2D eigenvalue weighted by Gasteiger charge is 2.14. The normalized spacial score (nSPS) is 11.3. The summed E-state index contributed by atoms with van der Waals surface area (Å²) in [5.41, 5.74) is 1.11. The lowest BCUT2D eigenvalue weighted by molar-refractivity contribution is 0.102. The van der Waals surface area contributed by atoms with Gasteiger partial charge in [-0.2, -0.15) is 0 Å². The quantitative estimate of drug-likeness (QED) is 0.721. The number of benzene rings is 3. The summed E-state index contributed by atoms with van der Waals surface area (Å²) in [6, 6.07) is 17.7. The van der Waals surface area contributed by atoms with Gasteiger partial charge in [-0.05, 0) is 29.7 Å². The first-order chi connectivity index (χ1) is 11.8. The predicted molar refractivity (Wildman–Crippen MR) is 102 cm³/mol. The number of fused-ring (bicyclic) bond motifs is 1. The molecule has 0 bridgehead atoms. The lowest BCUT2D eigenvalue weighted by atomic mass is 10.1. The molecule has 2 N–H and O–H groups in total. The summed E-state index contributed by atoms with van der Waals surface area (Å²) >= 11 is 6.11. The summed E-state index contributed by atoms with van der Waals surface area (Å²) in [4.78, 5) is 12.6. The molecule has 7 heteroatoms. The van der Waals surface area contributed by atoms with Crippen LogP contribution in [-0.4, -0.2) is 20.6 Å². The Morgan fingerprint density at radius 3 is 2.48 bits per heavy atom. The van der Waals surface area contributed by atoms with Gasteiger partial charge in [0.05, 0.1) is 16.8 Å². The van der Waals surface area contributed by atoms with Gasteiger partial charge >= 0.3 is 0 Å². The minimum atomic E-state index is -3.44. The Kier molecular flexibility index (Phi) is 4.65. The molecule has 128 valence electrons. The number of anilines is 2. The van der Waals surface area contributed by atoms with E-state index in [-0.39, 0.29) is 16.3 Å². The summed E-state index contributed by atoms with van der Waals surface area (Å²) in [7, 11) is -3.44. The Hall–Kier alpha value is -2.57. The van der Waals surface area contributed by atoms with Crippen molar-refractivity contribution in [2.45, 2.75) is 0 Å². The van der Waals surface area contributed by atoms with Crippen LogP contribution in [0.25, 0.3) is 10.8 Å². The molecular formula is C18H15ClN2O3S. The van der Waals surface area contributed by atoms with E-state index in [9.17, 15) is 13.2 Å².